The Labute approximate surface area is 102 Å². The fourth-order valence-electron chi connectivity index (χ4n) is 1.03. The third-order valence-corrected chi connectivity index (χ3v) is 2.40. The first-order valence-electron chi connectivity index (χ1n) is 4.41. The Morgan fingerprint density at radius 1 is 1.67 bits per heavy atom. The van der Waals surface area contributed by atoms with Crippen LogP contribution in [0.4, 0.5) is 0 Å². The van der Waals surface area contributed by atoms with Gasteiger partial charge in [-0.3, -0.25) is 0 Å². The van der Waals surface area contributed by atoms with E-state index in [2.05, 4.69) is 15.9 Å². The molecule has 0 amide bonds. The Morgan fingerprint density at radius 3 is 2.87 bits per heavy atom. The summed E-state index contributed by atoms with van der Waals surface area (Å²) < 4.78 is 6.26. The third-order valence-electron chi connectivity index (χ3n) is 1.69. The largest absolute Gasteiger partial charge is 0.490 e. The first kappa shape index (κ1) is 12.4. The van der Waals surface area contributed by atoms with Crippen molar-refractivity contribution >= 4 is 33.1 Å². The van der Waals surface area contributed by atoms with Crippen molar-refractivity contribution in [3.05, 3.63) is 28.2 Å². The van der Waals surface area contributed by atoms with Gasteiger partial charge in [-0.15, -0.1) is 0 Å². The van der Waals surface area contributed by atoms with Crippen LogP contribution in [0.1, 0.15) is 12.5 Å². The molecule has 0 aliphatic heterocycles. The van der Waals surface area contributed by atoms with Gasteiger partial charge in [0, 0.05) is 4.47 Å². The molecule has 0 spiro atoms. The molecular formula is C10H12BrNO2S. The van der Waals surface area contributed by atoms with Gasteiger partial charge in [0.25, 0.3) is 0 Å². The second-order valence-corrected chi connectivity index (χ2v) is 4.52. The topological polar surface area (TPSA) is 55.5 Å². The second-order valence-electron chi connectivity index (χ2n) is 3.16. The van der Waals surface area contributed by atoms with E-state index >= 15 is 0 Å². The molecule has 1 rings (SSSR count). The van der Waals surface area contributed by atoms with Crippen molar-refractivity contribution in [3.63, 3.8) is 0 Å². The number of ether oxygens (including phenoxy) is 1. The van der Waals surface area contributed by atoms with Crippen molar-refractivity contribution in [2.75, 3.05) is 6.61 Å². The molecule has 0 aromatic heterocycles. The van der Waals surface area contributed by atoms with Crippen molar-refractivity contribution in [1.29, 1.82) is 0 Å². The Bertz CT molecular complexity index is 368. The van der Waals surface area contributed by atoms with Gasteiger partial charge in [-0.1, -0.05) is 28.1 Å². The van der Waals surface area contributed by atoms with E-state index < -0.39 is 6.10 Å². The molecule has 0 saturated heterocycles. The molecule has 0 aliphatic carbocycles. The van der Waals surface area contributed by atoms with E-state index in [9.17, 15) is 0 Å². The first-order chi connectivity index (χ1) is 7.00. The highest BCUT2D eigenvalue weighted by atomic mass is 79.9. The van der Waals surface area contributed by atoms with Crippen molar-refractivity contribution in [1.82, 2.24) is 0 Å². The van der Waals surface area contributed by atoms with Gasteiger partial charge in [-0.05, 0) is 25.1 Å². The normalized spacial score (nSPS) is 12.2. The minimum Gasteiger partial charge on any atom is -0.490 e. The molecular weight excluding hydrogens is 278 g/mol. The van der Waals surface area contributed by atoms with E-state index in [1.54, 1.807) is 19.1 Å². The quantitative estimate of drug-likeness (QED) is 0.831. The molecule has 0 aliphatic rings. The number of halogens is 1. The molecule has 0 saturated carbocycles. The number of benzene rings is 1. The van der Waals surface area contributed by atoms with Crippen molar-refractivity contribution in [2.45, 2.75) is 13.0 Å². The van der Waals surface area contributed by atoms with Crippen LogP contribution in [-0.2, 0) is 0 Å². The summed E-state index contributed by atoms with van der Waals surface area (Å²) in [6.45, 7) is 1.87. The average molecular weight is 290 g/mol. The first-order valence-corrected chi connectivity index (χ1v) is 5.61. The molecule has 0 bridgehead atoms. The van der Waals surface area contributed by atoms with Gasteiger partial charge in [-0.25, -0.2) is 0 Å². The zero-order valence-electron chi connectivity index (χ0n) is 8.24. The molecule has 0 fully saturated rings. The highest BCUT2D eigenvalue weighted by Crippen LogP contribution is 2.23. The highest BCUT2D eigenvalue weighted by molar-refractivity contribution is 9.10. The molecule has 0 heterocycles. The van der Waals surface area contributed by atoms with Crippen LogP contribution in [0.3, 0.4) is 0 Å². The summed E-state index contributed by atoms with van der Waals surface area (Å²) in [6.07, 6.45) is -0.521. The standard InChI is InChI=1S/C10H12BrNO2S/c1-6(13)5-14-9-3-2-7(11)4-8(9)10(12)15/h2-4,6,13H,5H2,1H3,(H2,12,15). The van der Waals surface area contributed by atoms with E-state index in [0.717, 1.165) is 4.47 Å². The van der Waals surface area contributed by atoms with Gasteiger partial charge < -0.3 is 15.6 Å². The number of hydrogen-bond donors (Lipinski definition) is 2. The molecule has 5 heteroatoms. The monoisotopic (exact) mass is 289 g/mol. The second kappa shape index (κ2) is 5.44. The summed E-state index contributed by atoms with van der Waals surface area (Å²) in [7, 11) is 0. The van der Waals surface area contributed by atoms with Gasteiger partial charge in [0.1, 0.15) is 17.3 Å². The van der Waals surface area contributed by atoms with Crippen LogP contribution in [-0.4, -0.2) is 22.8 Å². The van der Waals surface area contributed by atoms with Gasteiger partial charge in [0.2, 0.25) is 0 Å². The Kier molecular flexibility index (Phi) is 4.50. The van der Waals surface area contributed by atoms with Gasteiger partial charge in [0.05, 0.1) is 11.7 Å². The predicted molar refractivity (Wildman–Crippen MR) is 67.2 cm³/mol. The summed E-state index contributed by atoms with van der Waals surface area (Å²) in [5.41, 5.74) is 6.22. The molecule has 3 nitrogen and oxygen atoms in total. The number of rotatable bonds is 4. The maximum Gasteiger partial charge on any atom is 0.129 e. The van der Waals surface area contributed by atoms with Crippen LogP contribution < -0.4 is 10.5 Å². The van der Waals surface area contributed by atoms with Crippen LogP contribution in [0.5, 0.6) is 5.75 Å². The molecule has 82 valence electrons. The maximum atomic E-state index is 9.10. The summed E-state index contributed by atoms with van der Waals surface area (Å²) in [5.74, 6) is 0.589. The zero-order valence-corrected chi connectivity index (χ0v) is 10.6. The lowest BCUT2D eigenvalue weighted by atomic mass is 10.2. The molecule has 1 unspecified atom stereocenters. The lowest BCUT2D eigenvalue weighted by Crippen LogP contribution is -2.16. The van der Waals surface area contributed by atoms with Gasteiger partial charge >= 0.3 is 0 Å². The Hall–Kier alpha value is -0.650. The molecule has 1 aromatic rings. The fraction of sp³-hybridized carbons (Fsp3) is 0.300. The minimum atomic E-state index is -0.521. The smallest absolute Gasteiger partial charge is 0.129 e. The van der Waals surface area contributed by atoms with Crippen LogP contribution in [0.25, 0.3) is 0 Å². The Balaban J connectivity index is 2.91. The highest BCUT2D eigenvalue weighted by Gasteiger charge is 2.08. The van der Waals surface area contributed by atoms with Gasteiger partial charge in [-0.2, -0.15) is 0 Å². The number of aliphatic hydroxyl groups is 1. The van der Waals surface area contributed by atoms with Crippen LogP contribution in [0.2, 0.25) is 0 Å². The van der Waals surface area contributed by atoms with Crippen LogP contribution >= 0.6 is 28.1 Å². The Morgan fingerprint density at radius 2 is 2.33 bits per heavy atom. The maximum absolute atomic E-state index is 9.10. The van der Waals surface area contributed by atoms with Crippen LogP contribution in [0.15, 0.2) is 22.7 Å². The average Bonchev–Trinajstić information content (AvgIpc) is 2.15. The lowest BCUT2D eigenvalue weighted by molar-refractivity contribution is 0.122. The van der Waals surface area contributed by atoms with Crippen molar-refractivity contribution < 1.29 is 9.84 Å². The predicted octanol–water partition coefficient (Wildman–Crippen LogP) is 1.84. The van der Waals surface area contributed by atoms with Gasteiger partial charge in [0.15, 0.2) is 0 Å². The van der Waals surface area contributed by atoms with E-state index in [-0.39, 0.29) is 11.6 Å². The fourth-order valence-corrected chi connectivity index (χ4v) is 1.55. The van der Waals surface area contributed by atoms with E-state index in [1.165, 1.54) is 0 Å². The summed E-state index contributed by atoms with van der Waals surface area (Å²) >= 11 is 8.23. The molecule has 0 radical (unpaired) electrons. The number of hydrogen-bond acceptors (Lipinski definition) is 3. The van der Waals surface area contributed by atoms with E-state index in [4.69, 9.17) is 27.8 Å². The molecule has 3 N–H and O–H groups in total. The van der Waals surface area contributed by atoms with Crippen molar-refractivity contribution in [3.8, 4) is 5.75 Å². The summed E-state index contributed by atoms with van der Waals surface area (Å²) in [5, 5.41) is 9.10. The number of aliphatic hydroxyl groups excluding tert-OH is 1. The SMILES string of the molecule is CC(O)COc1ccc(Br)cc1C(N)=S. The van der Waals surface area contributed by atoms with Crippen molar-refractivity contribution in [2.24, 2.45) is 5.73 Å². The van der Waals surface area contributed by atoms with E-state index in [1.807, 2.05) is 6.07 Å². The number of thiocarbonyl (C=S) groups is 1. The van der Waals surface area contributed by atoms with Crippen LogP contribution in [0, 0.1) is 0 Å². The lowest BCUT2D eigenvalue weighted by Gasteiger charge is -2.12. The zero-order chi connectivity index (χ0) is 11.4. The van der Waals surface area contributed by atoms with E-state index in [0.29, 0.717) is 11.3 Å². The minimum absolute atomic E-state index is 0.219. The molecule has 1 atom stereocenters. The number of nitrogens with two attached hydrogens (primary N) is 1. The summed E-state index contributed by atoms with van der Waals surface area (Å²) in [6, 6.07) is 5.39. The molecule has 15 heavy (non-hydrogen) atoms. The summed E-state index contributed by atoms with van der Waals surface area (Å²) in [4.78, 5) is 0.275. The third kappa shape index (κ3) is 3.77. The molecule has 1 aromatic carbocycles.